The van der Waals surface area contributed by atoms with Gasteiger partial charge in [-0.15, -0.1) is 11.3 Å². The van der Waals surface area contributed by atoms with Gasteiger partial charge in [-0.2, -0.15) is 8.78 Å². The average Bonchev–Trinajstić information content (AvgIpc) is 3.29. The zero-order valence-electron chi connectivity index (χ0n) is 15.1. The number of aromatic nitrogens is 1. The zero-order chi connectivity index (χ0) is 20.3. The van der Waals surface area contributed by atoms with Gasteiger partial charge in [0, 0.05) is 47.2 Å². The van der Waals surface area contributed by atoms with Crippen molar-refractivity contribution in [2.24, 2.45) is 27.4 Å². The SMILES string of the molecule is CC(OC(N)=O)C1CC2=C(C(N)=CC=NC(F)F)CN=C(c3nccs3)N2C1. The van der Waals surface area contributed by atoms with Crippen LogP contribution in [0.1, 0.15) is 18.4 Å². The minimum atomic E-state index is -2.79. The number of nitrogens with two attached hydrogens (primary N) is 2. The van der Waals surface area contributed by atoms with Gasteiger partial charge in [0.25, 0.3) is 0 Å². The van der Waals surface area contributed by atoms with Crippen molar-refractivity contribution < 1.29 is 18.3 Å². The molecule has 28 heavy (non-hydrogen) atoms. The number of rotatable bonds is 6. The Bertz CT molecular complexity index is 850. The Morgan fingerprint density at radius 1 is 1.50 bits per heavy atom. The molecule has 11 heteroatoms. The van der Waals surface area contributed by atoms with Crippen molar-refractivity contribution in [1.82, 2.24) is 9.88 Å². The second-order valence-corrected chi connectivity index (χ2v) is 7.21. The number of amides is 1. The Kier molecular flexibility index (Phi) is 6.02. The molecule has 1 fully saturated rings. The van der Waals surface area contributed by atoms with E-state index in [-0.39, 0.29) is 5.92 Å². The monoisotopic (exact) mass is 410 g/mol. The van der Waals surface area contributed by atoms with E-state index in [9.17, 15) is 13.6 Å². The first-order valence-electron chi connectivity index (χ1n) is 8.54. The molecule has 0 spiro atoms. The Labute approximate surface area is 164 Å². The van der Waals surface area contributed by atoms with Crippen LogP contribution in [0.25, 0.3) is 0 Å². The van der Waals surface area contributed by atoms with Gasteiger partial charge < -0.3 is 21.1 Å². The number of allylic oxidation sites excluding steroid dienone is 2. The first kappa shape index (κ1) is 19.9. The number of fused-ring (bicyclic) bond motifs is 1. The van der Waals surface area contributed by atoms with Crippen molar-refractivity contribution >= 4 is 29.5 Å². The van der Waals surface area contributed by atoms with Gasteiger partial charge in [-0.1, -0.05) is 0 Å². The summed E-state index contributed by atoms with van der Waals surface area (Å²) < 4.78 is 29.6. The van der Waals surface area contributed by atoms with Gasteiger partial charge in [0.1, 0.15) is 6.10 Å². The number of aliphatic imine (C=N–C) groups is 2. The predicted molar refractivity (Wildman–Crippen MR) is 102 cm³/mol. The minimum Gasteiger partial charge on any atom is -0.446 e. The number of thiazole rings is 1. The van der Waals surface area contributed by atoms with Crippen LogP contribution in [-0.2, 0) is 4.74 Å². The minimum absolute atomic E-state index is 0.0247. The second-order valence-electron chi connectivity index (χ2n) is 6.32. The third-order valence-corrected chi connectivity index (χ3v) is 5.35. The molecule has 4 N–H and O–H groups in total. The fourth-order valence-corrected chi connectivity index (χ4v) is 3.91. The predicted octanol–water partition coefficient (Wildman–Crippen LogP) is 2.10. The summed E-state index contributed by atoms with van der Waals surface area (Å²) in [6, 6.07) is 0. The average molecular weight is 410 g/mol. The number of carbonyl (C=O) groups excluding carboxylic acids is 1. The molecule has 2 atom stereocenters. The maximum atomic E-state index is 12.2. The summed E-state index contributed by atoms with van der Waals surface area (Å²) in [6.07, 6.45) is 3.37. The summed E-state index contributed by atoms with van der Waals surface area (Å²) in [4.78, 5) is 25.0. The Morgan fingerprint density at radius 2 is 2.29 bits per heavy atom. The highest BCUT2D eigenvalue weighted by Gasteiger charge is 2.38. The molecule has 2 unspecified atom stereocenters. The highest BCUT2D eigenvalue weighted by Crippen LogP contribution is 2.37. The molecule has 3 heterocycles. The smallest absolute Gasteiger partial charge is 0.404 e. The molecule has 0 saturated carbocycles. The molecule has 0 aliphatic carbocycles. The molecule has 0 aromatic carbocycles. The summed E-state index contributed by atoms with van der Waals surface area (Å²) in [5.41, 5.74) is 13.2. The third kappa shape index (κ3) is 4.35. The van der Waals surface area contributed by atoms with E-state index in [0.717, 1.165) is 28.3 Å². The van der Waals surface area contributed by atoms with E-state index in [1.54, 1.807) is 13.1 Å². The molecule has 2 aliphatic rings. The zero-order valence-corrected chi connectivity index (χ0v) is 15.9. The van der Waals surface area contributed by atoms with Gasteiger partial charge in [-0.3, -0.25) is 4.99 Å². The van der Waals surface area contributed by atoms with E-state index in [1.165, 1.54) is 17.4 Å². The summed E-state index contributed by atoms with van der Waals surface area (Å²) in [5, 5.41) is 2.63. The van der Waals surface area contributed by atoms with Gasteiger partial charge in [0.05, 0.1) is 6.54 Å². The topological polar surface area (TPSA) is 119 Å². The van der Waals surface area contributed by atoms with Gasteiger partial charge in [-0.05, 0) is 19.4 Å². The molecule has 0 radical (unpaired) electrons. The number of carbonyl (C=O) groups is 1. The summed E-state index contributed by atoms with van der Waals surface area (Å²) in [5.74, 6) is 0.694. The van der Waals surface area contributed by atoms with Crippen LogP contribution in [0, 0.1) is 5.92 Å². The number of nitrogens with zero attached hydrogens (tertiary/aromatic N) is 4. The van der Waals surface area contributed by atoms with Crippen LogP contribution in [0.5, 0.6) is 0 Å². The number of primary amides is 1. The lowest BCUT2D eigenvalue weighted by molar-refractivity contribution is 0.0839. The number of alkyl halides is 2. The third-order valence-electron chi connectivity index (χ3n) is 4.58. The fourth-order valence-electron chi connectivity index (χ4n) is 3.26. The first-order chi connectivity index (χ1) is 13.4. The lowest BCUT2D eigenvalue weighted by Gasteiger charge is -2.28. The van der Waals surface area contributed by atoms with Crippen LogP contribution in [0.4, 0.5) is 13.6 Å². The van der Waals surface area contributed by atoms with E-state index in [4.69, 9.17) is 16.2 Å². The van der Waals surface area contributed by atoms with E-state index in [1.807, 2.05) is 10.3 Å². The van der Waals surface area contributed by atoms with Crippen molar-refractivity contribution in [3.05, 3.63) is 39.6 Å². The molecule has 1 saturated heterocycles. The Balaban J connectivity index is 1.92. The second kappa shape index (κ2) is 8.46. The maximum absolute atomic E-state index is 12.2. The lowest BCUT2D eigenvalue weighted by atomic mass is 9.99. The Hall–Kier alpha value is -2.82. The normalized spacial score (nSPS) is 21.3. The molecule has 2 aliphatic heterocycles. The first-order valence-corrected chi connectivity index (χ1v) is 9.42. The molecule has 0 bridgehead atoms. The molecule has 1 aromatic heterocycles. The van der Waals surface area contributed by atoms with Crippen LogP contribution in [0.2, 0.25) is 0 Å². The van der Waals surface area contributed by atoms with E-state index in [2.05, 4.69) is 15.0 Å². The van der Waals surface area contributed by atoms with Gasteiger partial charge >= 0.3 is 12.6 Å². The van der Waals surface area contributed by atoms with Crippen LogP contribution in [0.3, 0.4) is 0 Å². The summed E-state index contributed by atoms with van der Waals surface area (Å²) >= 11 is 1.46. The van der Waals surface area contributed by atoms with Crippen LogP contribution < -0.4 is 11.5 Å². The number of halogens is 2. The van der Waals surface area contributed by atoms with Gasteiger partial charge in [-0.25, -0.2) is 14.8 Å². The quantitative estimate of drug-likeness (QED) is 0.550. The highest BCUT2D eigenvalue weighted by molar-refractivity contribution is 7.11. The molecule has 1 aromatic rings. The van der Waals surface area contributed by atoms with Crippen molar-refractivity contribution in [3.63, 3.8) is 0 Å². The highest BCUT2D eigenvalue weighted by atomic mass is 32.1. The molecule has 8 nitrogen and oxygen atoms in total. The molecular weight excluding hydrogens is 390 g/mol. The molecule has 1 amide bonds. The number of hydrogen-bond donors (Lipinski definition) is 2. The maximum Gasteiger partial charge on any atom is 0.404 e. The van der Waals surface area contributed by atoms with E-state index in [0.29, 0.717) is 25.2 Å². The standard InChI is InChI=1S/C17H20F2N6O2S/c1-9(27-17(21)26)10-6-13-11(12(20)2-3-23-16(18)19)7-24-14(25(13)8-10)15-22-4-5-28-15/h2-5,9-10,16H,6-8,20H2,1H3,(H2,21,26). The largest absolute Gasteiger partial charge is 0.446 e. The van der Waals surface area contributed by atoms with Crippen LogP contribution >= 0.6 is 11.3 Å². The van der Waals surface area contributed by atoms with Gasteiger partial charge in [0.2, 0.25) is 0 Å². The number of amidine groups is 1. The molecular formula is C17H20F2N6O2S. The molecule has 3 rings (SSSR count). The van der Waals surface area contributed by atoms with Crippen molar-refractivity contribution in [2.75, 3.05) is 13.1 Å². The van der Waals surface area contributed by atoms with Crippen LogP contribution in [-0.4, -0.2) is 53.8 Å². The number of ether oxygens (including phenoxy) is 1. The lowest BCUT2D eigenvalue weighted by Crippen LogP contribution is -2.35. The van der Waals surface area contributed by atoms with Gasteiger partial charge in [0.15, 0.2) is 10.8 Å². The van der Waals surface area contributed by atoms with Crippen LogP contribution in [0.15, 0.2) is 44.6 Å². The van der Waals surface area contributed by atoms with E-state index >= 15 is 0 Å². The van der Waals surface area contributed by atoms with E-state index < -0.39 is 18.7 Å². The van der Waals surface area contributed by atoms with Crippen molar-refractivity contribution in [1.29, 1.82) is 0 Å². The molecule has 150 valence electrons. The summed E-state index contributed by atoms with van der Waals surface area (Å²) in [6.45, 7) is -0.169. The Morgan fingerprint density at radius 3 is 2.93 bits per heavy atom. The van der Waals surface area contributed by atoms with Crippen molar-refractivity contribution in [2.45, 2.75) is 26.0 Å². The fraction of sp³-hybridized carbons (Fsp3) is 0.412. The summed E-state index contributed by atoms with van der Waals surface area (Å²) in [7, 11) is 0. The van der Waals surface area contributed by atoms with Crippen molar-refractivity contribution in [3.8, 4) is 0 Å². The number of hydrogen-bond acceptors (Lipinski definition) is 8.